The predicted molar refractivity (Wildman–Crippen MR) is 95.8 cm³/mol. The third-order valence-corrected chi connectivity index (χ3v) is 5.35. The Morgan fingerprint density at radius 3 is 2.60 bits per heavy atom. The van der Waals surface area contributed by atoms with Crippen LogP contribution in [0.4, 0.5) is 11.5 Å². The van der Waals surface area contributed by atoms with Gasteiger partial charge in [0, 0.05) is 13.1 Å². The number of nitrogens with one attached hydrogen (secondary N) is 1. The Bertz CT molecular complexity index is 831. The van der Waals surface area contributed by atoms with Crippen molar-refractivity contribution in [1.82, 2.24) is 4.98 Å². The molecule has 1 aliphatic heterocycles. The number of aromatic nitrogens is 1. The summed E-state index contributed by atoms with van der Waals surface area (Å²) in [5, 5.41) is 0. The van der Waals surface area contributed by atoms with Crippen molar-refractivity contribution in [2.75, 3.05) is 43.0 Å². The van der Waals surface area contributed by atoms with E-state index in [1.807, 2.05) is 13.0 Å². The van der Waals surface area contributed by atoms with Crippen LogP contribution >= 0.6 is 0 Å². The Kier molecular flexibility index (Phi) is 5.10. The second kappa shape index (κ2) is 7.28. The summed E-state index contributed by atoms with van der Waals surface area (Å²) < 4.78 is 38.3. The molecule has 0 aliphatic carbocycles. The van der Waals surface area contributed by atoms with Gasteiger partial charge >= 0.3 is 0 Å². The molecule has 1 fully saturated rings. The Morgan fingerprint density at radius 2 is 1.96 bits per heavy atom. The largest absolute Gasteiger partial charge is 0.495 e. The van der Waals surface area contributed by atoms with Crippen molar-refractivity contribution in [3.63, 3.8) is 0 Å². The number of rotatable bonds is 5. The van der Waals surface area contributed by atoms with Gasteiger partial charge in [0.2, 0.25) is 0 Å². The molecule has 1 saturated heterocycles. The number of pyridine rings is 1. The van der Waals surface area contributed by atoms with E-state index in [0.29, 0.717) is 19.0 Å². The van der Waals surface area contributed by atoms with Gasteiger partial charge in [0.15, 0.2) is 0 Å². The second-order valence-electron chi connectivity index (χ2n) is 5.76. The number of methoxy groups -OCH3 is 1. The molecule has 8 heteroatoms. The first-order valence-electron chi connectivity index (χ1n) is 7.96. The van der Waals surface area contributed by atoms with E-state index in [1.165, 1.54) is 7.11 Å². The fourth-order valence-corrected chi connectivity index (χ4v) is 3.90. The molecule has 0 radical (unpaired) electrons. The quantitative estimate of drug-likeness (QED) is 0.876. The third kappa shape index (κ3) is 4.02. The molecule has 0 atom stereocenters. The molecule has 0 amide bonds. The first kappa shape index (κ1) is 17.5. The zero-order chi connectivity index (χ0) is 17.9. The van der Waals surface area contributed by atoms with Crippen LogP contribution in [0, 0.1) is 6.92 Å². The number of nitrogens with zero attached hydrogens (tertiary/aromatic N) is 2. The van der Waals surface area contributed by atoms with Crippen molar-refractivity contribution >= 4 is 21.5 Å². The van der Waals surface area contributed by atoms with E-state index in [4.69, 9.17) is 9.47 Å². The first-order chi connectivity index (χ1) is 12.0. The lowest BCUT2D eigenvalue weighted by molar-refractivity contribution is 0.122. The molecule has 1 N–H and O–H groups in total. The van der Waals surface area contributed by atoms with Crippen molar-refractivity contribution in [1.29, 1.82) is 0 Å². The van der Waals surface area contributed by atoms with Crippen molar-refractivity contribution in [3.05, 3.63) is 42.1 Å². The van der Waals surface area contributed by atoms with Gasteiger partial charge in [0.25, 0.3) is 10.0 Å². The highest BCUT2D eigenvalue weighted by Gasteiger charge is 2.20. The van der Waals surface area contributed by atoms with Gasteiger partial charge in [-0.3, -0.25) is 4.72 Å². The third-order valence-electron chi connectivity index (χ3n) is 3.97. The maximum Gasteiger partial charge on any atom is 0.266 e. The summed E-state index contributed by atoms with van der Waals surface area (Å²) in [4.78, 5) is 6.47. The van der Waals surface area contributed by atoms with Crippen molar-refractivity contribution in [2.24, 2.45) is 0 Å². The zero-order valence-electron chi connectivity index (χ0n) is 14.2. The smallest absolute Gasteiger partial charge is 0.266 e. The molecule has 1 aliphatic rings. The maximum absolute atomic E-state index is 12.7. The zero-order valence-corrected chi connectivity index (χ0v) is 15.0. The molecule has 134 valence electrons. The van der Waals surface area contributed by atoms with E-state index in [-0.39, 0.29) is 10.7 Å². The SMILES string of the molecule is COc1ccc(C)cc1S(=O)(=O)Nc1ccc(N2CCOCC2)cn1. The van der Waals surface area contributed by atoms with Crippen molar-refractivity contribution in [3.8, 4) is 5.75 Å². The van der Waals surface area contributed by atoms with Crippen LogP contribution in [0.1, 0.15) is 5.56 Å². The van der Waals surface area contributed by atoms with E-state index >= 15 is 0 Å². The number of aryl methyl sites for hydroxylation is 1. The molecular weight excluding hydrogens is 342 g/mol. The van der Waals surface area contributed by atoms with Crippen molar-refractivity contribution in [2.45, 2.75) is 11.8 Å². The highest BCUT2D eigenvalue weighted by molar-refractivity contribution is 7.92. The number of morpholine rings is 1. The van der Waals surface area contributed by atoms with Gasteiger partial charge < -0.3 is 14.4 Å². The summed E-state index contributed by atoms with van der Waals surface area (Å²) in [6, 6.07) is 8.52. The molecule has 3 rings (SSSR count). The minimum atomic E-state index is -3.79. The molecule has 2 heterocycles. The van der Waals surface area contributed by atoms with Crippen LogP contribution in [0.3, 0.4) is 0 Å². The van der Waals surface area contributed by atoms with Gasteiger partial charge in [-0.25, -0.2) is 13.4 Å². The standard InChI is InChI=1S/C17H21N3O4S/c1-13-3-5-15(23-2)16(11-13)25(21,22)19-17-6-4-14(12-18-17)20-7-9-24-10-8-20/h3-6,11-12H,7-10H2,1-2H3,(H,18,19). The molecule has 1 aromatic heterocycles. The average Bonchev–Trinajstić information content (AvgIpc) is 2.63. The lowest BCUT2D eigenvalue weighted by Crippen LogP contribution is -2.36. The van der Waals surface area contributed by atoms with Crippen LogP contribution in [0.25, 0.3) is 0 Å². The topological polar surface area (TPSA) is 80.8 Å². The van der Waals surface area contributed by atoms with Crippen LogP contribution in [0.5, 0.6) is 5.75 Å². The van der Waals surface area contributed by atoms with E-state index < -0.39 is 10.0 Å². The predicted octanol–water partition coefficient (Wildman–Crippen LogP) is 2.04. The van der Waals surface area contributed by atoms with E-state index in [0.717, 1.165) is 24.3 Å². The molecule has 1 aromatic carbocycles. The Labute approximate surface area is 147 Å². The summed E-state index contributed by atoms with van der Waals surface area (Å²) in [5.41, 5.74) is 1.77. The molecule has 7 nitrogen and oxygen atoms in total. The number of sulfonamides is 1. The molecule has 0 spiro atoms. The fraction of sp³-hybridized carbons (Fsp3) is 0.353. The van der Waals surface area contributed by atoms with E-state index in [2.05, 4.69) is 14.6 Å². The molecule has 2 aromatic rings. The summed E-state index contributed by atoms with van der Waals surface area (Å²) in [6.45, 7) is 4.79. The minimum absolute atomic E-state index is 0.0917. The minimum Gasteiger partial charge on any atom is -0.495 e. The van der Waals surface area contributed by atoms with Crippen LogP contribution in [0.15, 0.2) is 41.4 Å². The summed E-state index contributed by atoms with van der Waals surface area (Å²) in [5.74, 6) is 0.559. The van der Waals surface area contributed by atoms with Gasteiger partial charge in [-0.1, -0.05) is 6.07 Å². The lowest BCUT2D eigenvalue weighted by Gasteiger charge is -2.28. The summed E-state index contributed by atoms with van der Waals surface area (Å²) >= 11 is 0. The molecule has 0 bridgehead atoms. The molecule has 0 unspecified atom stereocenters. The fourth-order valence-electron chi connectivity index (χ4n) is 2.64. The number of hydrogen-bond acceptors (Lipinski definition) is 6. The summed E-state index contributed by atoms with van der Waals surface area (Å²) in [6.07, 6.45) is 1.66. The van der Waals surface area contributed by atoms with Crippen LogP contribution in [-0.4, -0.2) is 46.8 Å². The molecule has 0 saturated carbocycles. The lowest BCUT2D eigenvalue weighted by atomic mass is 10.2. The Balaban J connectivity index is 1.80. The van der Waals surface area contributed by atoms with Crippen LogP contribution in [-0.2, 0) is 14.8 Å². The highest BCUT2D eigenvalue weighted by atomic mass is 32.2. The van der Waals surface area contributed by atoms with Crippen LogP contribution < -0.4 is 14.4 Å². The maximum atomic E-state index is 12.7. The summed E-state index contributed by atoms with van der Waals surface area (Å²) in [7, 11) is -2.34. The Hall–Kier alpha value is -2.32. The van der Waals surface area contributed by atoms with E-state index in [9.17, 15) is 8.42 Å². The normalized spacial score (nSPS) is 15.0. The number of anilines is 2. The van der Waals surface area contributed by atoms with Gasteiger partial charge in [-0.15, -0.1) is 0 Å². The first-order valence-corrected chi connectivity index (χ1v) is 9.44. The van der Waals surface area contributed by atoms with Gasteiger partial charge in [0.1, 0.15) is 16.5 Å². The molecular formula is C17H21N3O4S. The van der Waals surface area contributed by atoms with Gasteiger partial charge in [-0.05, 0) is 36.8 Å². The average molecular weight is 363 g/mol. The van der Waals surface area contributed by atoms with E-state index in [1.54, 1.807) is 30.5 Å². The Morgan fingerprint density at radius 1 is 1.20 bits per heavy atom. The number of hydrogen-bond donors (Lipinski definition) is 1. The van der Waals surface area contributed by atoms with Gasteiger partial charge in [-0.2, -0.15) is 0 Å². The second-order valence-corrected chi connectivity index (χ2v) is 7.41. The molecule has 25 heavy (non-hydrogen) atoms. The monoisotopic (exact) mass is 363 g/mol. The van der Waals surface area contributed by atoms with Crippen molar-refractivity contribution < 1.29 is 17.9 Å². The van der Waals surface area contributed by atoms with Gasteiger partial charge in [0.05, 0.1) is 32.2 Å². The highest BCUT2D eigenvalue weighted by Crippen LogP contribution is 2.26. The number of ether oxygens (including phenoxy) is 2. The van der Waals surface area contributed by atoms with Crippen LogP contribution in [0.2, 0.25) is 0 Å². The number of benzene rings is 1.